The number of nitriles is 1. The summed E-state index contributed by atoms with van der Waals surface area (Å²) in [6.07, 6.45) is -5.52. The van der Waals surface area contributed by atoms with Crippen LogP contribution in [0.25, 0.3) is 0 Å². The molecule has 1 heterocycles. The highest BCUT2D eigenvalue weighted by Gasteiger charge is 2.53. The molecule has 1 aromatic carbocycles. The molecule has 1 atom stereocenters. The molecular formula is C18H12Cl2F6N4O2S. The number of nitrogens with zero attached hydrogens (tertiary/aromatic N) is 4. The number of azo groups is 1. The first-order chi connectivity index (χ1) is 15.1. The van der Waals surface area contributed by atoms with E-state index >= 15 is 0 Å². The lowest BCUT2D eigenvalue weighted by Gasteiger charge is -2.26. The molecule has 0 radical (unpaired) electrons. The number of halogens is 8. The lowest BCUT2D eigenvalue weighted by atomic mass is 9.90. The van der Waals surface area contributed by atoms with Crippen LogP contribution >= 0.6 is 35.0 Å². The summed E-state index contributed by atoms with van der Waals surface area (Å²) in [7, 11) is 0. The van der Waals surface area contributed by atoms with Gasteiger partial charge in [0.15, 0.2) is 5.82 Å². The van der Waals surface area contributed by atoms with Crippen molar-refractivity contribution in [1.82, 2.24) is 4.90 Å². The van der Waals surface area contributed by atoms with Crippen LogP contribution in [0.2, 0.25) is 10.0 Å². The maximum Gasteiger partial charge on any atom is 0.446 e. The van der Waals surface area contributed by atoms with Crippen LogP contribution in [0, 0.1) is 11.3 Å². The van der Waals surface area contributed by atoms with Gasteiger partial charge in [0.2, 0.25) is 17.4 Å². The normalized spacial score (nSPS) is 18.5. The summed E-state index contributed by atoms with van der Waals surface area (Å²) in [5, 5.41) is 15.3. The van der Waals surface area contributed by atoms with Crippen molar-refractivity contribution in [1.29, 1.82) is 5.26 Å². The average molecular weight is 533 g/mol. The summed E-state index contributed by atoms with van der Waals surface area (Å²) in [4.78, 5) is 24.0. The Kier molecular flexibility index (Phi) is 7.77. The number of hydrogen-bond donors (Lipinski definition) is 0. The number of imide groups is 1. The van der Waals surface area contributed by atoms with E-state index in [9.17, 15) is 41.2 Å². The molecule has 0 saturated heterocycles. The van der Waals surface area contributed by atoms with Gasteiger partial charge in [-0.1, -0.05) is 37.0 Å². The molecule has 1 aliphatic heterocycles. The molecule has 1 aromatic rings. The van der Waals surface area contributed by atoms with E-state index in [0.29, 0.717) is 17.0 Å². The minimum Gasteiger partial charge on any atom is -0.274 e. The second kappa shape index (κ2) is 9.52. The number of alkyl halides is 6. The third-order valence-corrected chi connectivity index (χ3v) is 5.76. The molecule has 0 bridgehead atoms. The molecule has 0 aromatic heterocycles. The molecule has 2 amide bonds. The van der Waals surface area contributed by atoms with Crippen LogP contribution in [0.3, 0.4) is 0 Å². The number of carbonyl (C=O) groups excluding carboxylic acids is 2. The highest BCUT2D eigenvalue weighted by Crippen LogP contribution is 2.55. The Labute approximate surface area is 197 Å². The topological polar surface area (TPSA) is 85.9 Å². The van der Waals surface area contributed by atoms with Crippen LogP contribution in [0.4, 0.5) is 26.3 Å². The summed E-state index contributed by atoms with van der Waals surface area (Å²) in [6.45, 7) is 2.67. The van der Waals surface area contributed by atoms with E-state index in [1.165, 1.54) is 19.9 Å². The van der Waals surface area contributed by atoms with E-state index < -0.39 is 72.7 Å². The number of carbonyl (C=O) groups is 2. The fraction of sp³-hybridized carbons (Fsp3) is 0.389. The Bertz CT molecular complexity index is 1060. The number of benzene rings is 1. The zero-order valence-corrected chi connectivity index (χ0v) is 18.9. The van der Waals surface area contributed by atoms with Crippen LogP contribution in [-0.2, 0) is 21.3 Å². The molecule has 33 heavy (non-hydrogen) atoms. The highest BCUT2D eigenvalue weighted by atomic mass is 35.5. The second-order valence-electron chi connectivity index (χ2n) is 6.37. The van der Waals surface area contributed by atoms with Gasteiger partial charge in [-0.25, -0.2) is 4.90 Å². The first-order valence-corrected chi connectivity index (χ1v) is 10.5. The lowest BCUT2D eigenvalue weighted by molar-refractivity contribution is -0.142. The zero-order valence-electron chi connectivity index (χ0n) is 16.6. The van der Waals surface area contributed by atoms with E-state index in [0.717, 1.165) is 0 Å². The summed E-state index contributed by atoms with van der Waals surface area (Å²) < 4.78 is 79.6. The van der Waals surface area contributed by atoms with Gasteiger partial charge < -0.3 is 0 Å². The Morgan fingerprint density at radius 3 is 1.94 bits per heavy atom. The molecule has 1 unspecified atom stereocenters. The van der Waals surface area contributed by atoms with Crippen molar-refractivity contribution in [2.75, 3.05) is 0 Å². The fourth-order valence-corrected chi connectivity index (χ4v) is 4.37. The standard InChI is InChI=1S/C18H12Cl2F6N4O2S/c1-3-11(31)30(12(32)4-2)15-14(33-18(24,25)26)16(7-27,29-28-15)13-9(19)5-8(6-10(13)20)17(21,22)23/h5-6H,3-4H2,1-2H3. The predicted molar refractivity (Wildman–Crippen MR) is 107 cm³/mol. The van der Waals surface area contributed by atoms with Crippen molar-refractivity contribution in [2.45, 2.75) is 43.9 Å². The number of amides is 2. The van der Waals surface area contributed by atoms with Crippen LogP contribution in [0.1, 0.15) is 37.8 Å². The maximum atomic E-state index is 13.5. The van der Waals surface area contributed by atoms with Gasteiger partial charge in [0, 0.05) is 28.5 Å². The molecule has 0 spiro atoms. The summed E-state index contributed by atoms with van der Waals surface area (Å²) >= 11 is 11.0. The largest absolute Gasteiger partial charge is 0.446 e. The van der Waals surface area contributed by atoms with E-state index in [1.807, 2.05) is 0 Å². The van der Waals surface area contributed by atoms with E-state index in [4.69, 9.17) is 23.2 Å². The number of rotatable bonds is 5. The average Bonchev–Trinajstić information content (AvgIpc) is 3.03. The van der Waals surface area contributed by atoms with Gasteiger partial charge in [0.05, 0.1) is 10.5 Å². The van der Waals surface area contributed by atoms with Crippen molar-refractivity contribution in [2.24, 2.45) is 10.2 Å². The molecule has 2 rings (SSSR count). The van der Waals surface area contributed by atoms with E-state index in [2.05, 4.69) is 10.2 Å². The van der Waals surface area contributed by atoms with Crippen molar-refractivity contribution >= 4 is 46.8 Å². The molecule has 6 nitrogen and oxygen atoms in total. The second-order valence-corrected chi connectivity index (χ2v) is 8.26. The van der Waals surface area contributed by atoms with Crippen molar-refractivity contribution in [3.8, 4) is 6.07 Å². The van der Waals surface area contributed by atoms with Gasteiger partial charge in [-0.15, -0.1) is 5.11 Å². The fourth-order valence-electron chi connectivity index (χ4n) is 2.82. The number of hydrogen-bond acceptors (Lipinski definition) is 6. The summed E-state index contributed by atoms with van der Waals surface area (Å²) in [6, 6.07) is 2.21. The third-order valence-electron chi connectivity index (χ3n) is 4.25. The Hall–Kier alpha value is -2.30. The van der Waals surface area contributed by atoms with Gasteiger partial charge in [-0.05, 0) is 23.9 Å². The Morgan fingerprint density at radius 1 is 1.09 bits per heavy atom. The van der Waals surface area contributed by atoms with Crippen molar-refractivity contribution in [3.63, 3.8) is 0 Å². The maximum absolute atomic E-state index is 13.5. The molecule has 0 saturated carbocycles. The molecule has 0 aliphatic carbocycles. The molecule has 0 fully saturated rings. The van der Waals surface area contributed by atoms with Gasteiger partial charge >= 0.3 is 11.7 Å². The van der Waals surface area contributed by atoms with Crippen LogP contribution < -0.4 is 0 Å². The first kappa shape index (κ1) is 26.9. The monoisotopic (exact) mass is 532 g/mol. The minimum absolute atomic E-state index is 0.309. The molecule has 1 aliphatic rings. The van der Waals surface area contributed by atoms with E-state index in [1.54, 1.807) is 0 Å². The lowest BCUT2D eigenvalue weighted by Crippen LogP contribution is -2.36. The third kappa shape index (κ3) is 5.28. The molecule has 15 heteroatoms. The van der Waals surface area contributed by atoms with Crippen LogP contribution in [0.15, 0.2) is 33.1 Å². The summed E-state index contributed by atoms with van der Waals surface area (Å²) in [5.74, 6) is -2.76. The Morgan fingerprint density at radius 2 is 1.58 bits per heavy atom. The molecular weight excluding hydrogens is 521 g/mol. The predicted octanol–water partition coefficient (Wildman–Crippen LogP) is 6.79. The van der Waals surface area contributed by atoms with Crippen LogP contribution in [0.5, 0.6) is 0 Å². The van der Waals surface area contributed by atoms with Gasteiger partial charge in [0.25, 0.3) is 0 Å². The van der Waals surface area contributed by atoms with E-state index in [-0.39, 0.29) is 12.8 Å². The summed E-state index contributed by atoms with van der Waals surface area (Å²) in [5.41, 5.74) is -9.87. The molecule has 0 N–H and O–H groups in total. The SMILES string of the molecule is CCC(=O)N(C(=O)CC)C1=C(SC(F)(F)F)C(C#N)(c2c(Cl)cc(C(F)(F)F)cc2Cl)N=N1. The van der Waals surface area contributed by atoms with Crippen LogP contribution in [-0.4, -0.2) is 22.2 Å². The van der Waals surface area contributed by atoms with Crippen molar-refractivity contribution < 1.29 is 35.9 Å². The molecule has 178 valence electrons. The van der Waals surface area contributed by atoms with Gasteiger partial charge in [-0.3, -0.25) is 9.59 Å². The zero-order chi connectivity index (χ0) is 25.4. The van der Waals surface area contributed by atoms with Crippen molar-refractivity contribution in [3.05, 3.63) is 44.0 Å². The Balaban J connectivity index is 2.91. The minimum atomic E-state index is -5.07. The van der Waals surface area contributed by atoms with Gasteiger partial charge in [-0.2, -0.15) is 36.7 Å². The smallest absolute Gasteiger partial charge is 0.274 e. The quantitative estimate of drug-likeness (QED) is 0.390. The highest BCUT2D eigenvalue weighted by molar-refractivity contribution is 8.04. The van der Waals surface area contributed by atoms with Gasteiger partial charge in [0.1, 0.15) is 6.07 Å². The first-order valence-electron chi connectivity index (χ1n) is 8.90. The number of thioether (sulfide) groups is 1.